The molecule has 0 aliphatic carbocycles. The zero-order chi connectivity index (χ0) is 19.8. The number of H-pyrrole nitrogens is 1. The summed E-state index contributed by atoms with van der Waals surface area (Å²) in [5, 5.41) is 1.27. The Morgan fingerprint density at radius 2 is 1.97 bits per heavy atom. The van der Waals surface area contributed by atoms with E-state index in [1.807, 2.05) is 11.1 Å². The Morgan fingerprint density at radius 1 is 1.17 bits per heavy atom. The first-order valence-electron chi connectivity index (χ1n) is 11.0. The first kappa shape index (κ1) is 19.1. The van der Waals surface area contributed by atoms with Crippen molar-refractivity contribution in [1.82, 2.24) is 19.7 Å². The Balaban J connectivity index is 1.19. The zero-order valence-electron chi connectivity index (χ0n) is 17.4. The van der Waals surface area contributed by atoms with Crippen molar-refractivity contribution >= 4 is 16.8 Å². The van der Waals surface area contributed by atoms with E-state index in [1.165, 1.54) is 29.3 Å². The van der Waals surface area contributed by atoms with E-state index < -0.39 is 0 Å². The number of hydrogen-bond acceptors (Lipinski definition) is 4. The van der Waals surface area contributed by atoms with Crippen molar-refractivity contribution in [3.63, 3.8) is 0 Å². The number of ether oxygens (including phenoxy) is 1. The number of benzene rings is 1. The van der Waals surface area contributed by atoms with Gasteiger partial charge in [0.2, 0.25) is 5.91 Å². The lowest BCUT2D eigenvalue weighted by Crippen LogP contribution is -2.48. The molecule has 1 aromatic carbocycles. The lowest BCUT2D eigenvalue weighted by atomic mass is 9.76. The third-order valence-electron chi connectivity index (χ3n) is 7.29. The Kier molecular flexibility index (Phi) is 5.10. The van der Waals surface area contributed by atoms with Crippen LogP contribution in [0.15, 0.2) is 30.5 Å². The number of amides is 1. The third kappa shape index (κ3) is 3.81. The van der Waals surface area contributed by atoms with Crippen LogP contribution in [-0.2, 0) is 16.1 Å². The van der Waals surface area contributed by atoms with Crippen LogP contribution in [-0.4, -0.2) is 84.6 Å². The van der Waals surface area contributed by atoms with Crippen LogP contribution in [0, 0.1) is 5.41 Å². The van der Waals surface area contributed by atoms with Crippen molar-refractivity contribution in [3.05, 3.63) is 36.0 Å². The Bertz CT molecular complexity index is 865. The summed E-state index contributed by atoms with van der Waals surface area (Å²) in [5.74, 6) is 0.314. The van der Waals surface area contributed by atoms with Crippen LogP contribution in [0.4, 0.5) is 0 Å². The number of morpholine rings is 1. The predicted molar refractivity (Wildman–Crippen MR) is 114 cm³/mol. The molecule has 0 radical (unpaired) electrons. The molecule has 3 fully saturated rings. The molecule has 6 heteroatoms. The van der Waals surface area contributed by atoms with Gasteiger partial charge in [-0.1, -0.05) is 12.1 Å². The van der Waals surface area contributed by atoms with E-state index in [0.717, 1.165) is 45.7 Å². The summed E-state index contributed by atoms with van der Waals surface area (Å²) >= 11 is 0. The van der Waals surface area contributed by atoms with Gasteiger partial charge < -0.3 is 14.6 Å². The van der Waals surface area contributed by atoms with Crippen LogP contribution in [0.2, 0.25) is 0 Å². The molecule has 6 nitrogen and oxygen atoms in total. The van der Waals surface area contributed by atoms with Gasteiger partial charge in [0.1, 0.15) is 0 Å². The smallest absolute Gasteiger partial charge is 0.240 e. The highest BCUT2D eigenvalue weighted by molar-refractivity contribution is 5.82. The second-order valence-electron chi connectivity index (χ2n) is 9.25. The first-order valence-corrected chi connectivity index (χ1v) is 11.0. The highest BCUT2D eigenvalue weighted by Gasteiger charge is 2.47. The number of rotatable bonds is 3. The molecule has 3 aliphatic rings. The van der Waals surface area contributed by atoms with Crippen molar-refractivity contribution < 1.29 is 9.53 Å². The summed E-state index contributed by atoms with van der Waals surface area (Å²) in [4.78, 5) is 23.3. The second-order valence-corrected chi connectivity index (χ2v) is 9.25. The minimum atomic E-state index is 0.0509. The molecule has 156 valence electrons. The summed E-state index contributed by atoms with van der Waals surface area (Å²) in [5.41, 5.74) is 2.90. The first-order chi connectivity index (χ1) is 14.1. The number of likely N-dealkylation sites (tertiary alicyclic amines) is 2. The van der Waals surface area contributed by atoms with Gasteiger partial charge in [0, 0.05) is 37.9 Å². The van der Waals surface area contributed by atoms with E-state index >= 15 is 0 Å². The molecule has 1 amide bonds. The van der Waals surface area contributed by atoms with Gasteiger partial charge in [-0.15, -0.1) is 0 Å². The van der Waals surface area contributed by atoms with Crippen LogP contribution in [0.1, 0.15) is 24.8 Å². The lowest BCUT2D eigenvalue weighted by molar-refractivity contribution is -0.139. The van der Waals surface area contributed by atoms with Gasteiger partial charge >= 0.3 is 0 Å². The molecule has 0 bridgehead atoms. The molecule has 5 rings (SSSR count). The number of nitrogens with one attached hydrogen (secondary N) is 1. The molecular formula is C23H32N4O2. The van der Waals surface area contributed by atoms with Gasteiger partial charge in [-0.25, -0.2) is 0 Å². The molecule has 1 aromatic heterocycles. The molecule has 1 atom stereocenters. The minimum absolute atomic E-state index is 0.0509. The minimum Gasteiger partial charge on any atom is -0.378 e. The quantitative estimate of drug-likeness (QED) is 0.865. The van der Waals surface area contributed by atoms with Gasteiger partial charge in [0.25, 0.3) is 0 Å². The molecule has 3 saturated heterocycles. The van der Waals surface area contributed by atoms with Crippen LogP contribution < -0.4 is 0 Å². The Morgan fingerprint density at radius 3 is 2.76 bits per heavy atom. The molecule has 1 unspecified atom stereocenters. The van der Waals surface area contributed by atoms with Gasteiger partial charge in [-0.2, -0.15) is 0 Å². The van der Waals surface area contributed by atoms with Gasteiger partial charge in [-0.3, -0.25) is 14.6 Å². The van der Waals surface area contributed by atoms with E-state index in [4.69, 9.17) is 4.74 Å². The molecule has 0 saturated carbocycles. The molecule has 4 heterocycles. The lowest BCUT2D eigenvalue weighted by Gasteiger charge is -2.39. The number of hydrogen-bond donors (Lipinski definition) is 1. The fraction of sp³-hybridized carbons (Fsp3) is 0.609. The van der Waals surface area contributed by atoms with E-state index in [1.54, 1.807) is 0 Å². The normalized spacial score (nSPS) is 25.8. The van der Waals surface area contributed by atoms with Gasteiger partial charge in [0.05, 0.1) is 19.3 Å². The largest absolute Gasteiger partial charge is 0.378 e. The second kappa shape index (κ2) is 7.74. The van der Waals surface area contributed by atoms with Crippen molar-refractivity contribution in [1.29, 1.82) is 0 Å². The van der Waals surface area contributed by atoms with Crippen molar-refractivity contribution in [2.45, 2.75) is 31.8 Å². The SMILES string of the molecule is CN1CC2(CCN(Cc3ccc4cc[nH]c4c3)CC2)CC1C(=O)N1CCOCC1. The number of likely N-dealkylation sites (N-methyl/N-ethyl adjacent to an activating group) is 1. The number of carbonyl (C=O) groups is 1. The Labute approximate surface area is 172 Å². The van der Waals surface area contributed by atoms with Crippen LogP contribution >= 0.6 is 0 Å². The molecular weight excluding hydrogens is 364 g/mol. The van der Waals surface area contributed by atoms with Crippen LogP contribution in [0.5, 0.6) is 0 Å². The number of piperidine rings is 1. The summed E-state index contributed by atoms with van der Waals surface area (Å²) < 4.78 is 5.41. The van der Waals surface area contributed by atoms with Crippen LogP contribution in [0.25, 0.3) is 10.9 Å². The number of fused-ring (bicyclic) bond motifs is 1. The van der Waals surface area contributed by atoms with Crippen molar-refractivity contribution in [2.75, 3.05) is 53.0 Å². The van der Waals surface area contributed by atoms with Crippen molar-refractivity contribution in [2.24, 2.45) is 5.41 Å². The zero-order valence-corrected chi connectivity index (χ0v) is 17.4. The van der Waals surface area contributed by atoms with Gasteiger partial charge in [0.15, 0.2) is 0 Å². The number of carbonyl (C=O) groups excluding carboxylic acids is 1. The van der Waals surface area contributed by atoms with Crippen molar-refractivity contribution in [3.8, 4) is 0 Å². The summed E-state index contributed by atoms with van der Waals surface area (Å²) in [6.45, 7) is 7.15. The highest BCUT2D eigenvalue weighted by Crippen LogP contribution is 2.43. The third-order valence-corrected chi connectivity index (χ3v) is 7.29. The summed E-state index contributed by atoms with van der Waals surface area (Å²) in [6.07, 6.45) is 5.40. The summed E-state index contributed by atoms with van der Waals surface area (Å²) in [7, 11) is 2.13. The molecule has 2 aromatic rings. The maximum atomic E-state index is 13.0. The Hall–Kier alpha value is -1.89. The maximum Gasteiger partial charge on any atom is 0.240 e. The molecule has 1 spiro atoms. The monoisotopic (exact) mass is 396 g/mol. The van der Waals surface area contributed by atoms with Gasteiger partial charge in [-0.05, 0) is 67.9 Å². The van der Waals surface area contributed by atoms with E-state index in [9.17, 15) is 4.79 Å². The predicted octanol–water partition coefficient (Wildman–Crippen LogP) is 2.31. The molecule has 29 heavy (non-hydrogen) atoms. The number of aromatic nitrogens is 1. The average molecular weight is 397 g/mol. The maximum absolute atomic E-state index is 13.0. The summed E-state index contributed by atoms with van der Waals surface area (Å²) in [6, 6.07) is 8.91. The molecule has 3 aliphatic heterocycles. The standard InChI is InChI=1S/C23H32N4O2/c1-25-17-23(15-21(25)22(28)27-10-12-29-13-11-27)5-8-26(9-6-23)16-18-2-3-19-4-7-24-20(19)14-18/h2-4,7,14,21,24H,5-6,8-13,15-17H2,1H3. The fourth-order valence-corrected chi connectivity index (χ4v) is 5.54. The molecule has 1 N–H and O–H groups in total. The topological polar surface area (TPSA) is 51.8 Å². The van der Waals surface area contributed by atoms with E-state index in [-0.39, 0.29) is 6.04 Å². The van der Waals surface area contributed by atoms with Crippen LogP contribution in [0.3, 0.4) is 0 Å². The average Bonchev–Trinajstić information content (AvgIpc) is 3.34. The van der Waals surface area contributed by atoms with E-state index in [2.05, 4.69) is 46.1 Å². The number of aromatic amines is 1. The highest BCUT2D eigenvalue weighted by atomic mass is 16.5. The van der Waals surface area contributed by atoms with E-state index in [0.29, 0.717) is 24.5 Å². The number of nitrogens with zero attached hydrogens (tertiary/aromatic N) is 3. The fourth-order valence-electron chi connectivity index (χ4n) is 5.54.